The number of rotatable bonds is 5. The Morgan fingerprint density at radius 3 is 2.60 bits per heavy atom. The number of ether oxygens (including phenoxy) is 2. The molecule has 20 heavy (non-hydrogen) atoms. The van der Waals surface area contributed by atoms with E-state index in [0.29, 0.717) is 10.9 Å². The van der Waals surface area contributed by atoms with Gasteiger partial charge in [0.05, 0.1) is 12.8 Å². The molecule has 0 saturated heterocycles. The van der Waals surface area contributed by atoms with Crippen molar-refractivity contribution in [3.63, 3.8) is 0 Å². The van der Waals surface area contributed by atoms with E-state index in [4.69, 9.17) is 0 Å². The number of halogens is 4. The summed E-state index contributed by atoms with van der Waals surface area (Å²) in [5.74, 6) is -0.984. The minimum Gasteiger partial charge on any atom is -0.467 e. The first-order chi connectivity index (χ1) is 9.26. The molecule has 1 aromatic carbocycles. The highest BCUT2D eigenvalue weighted by Crippen LogP contribution is 2.33. The standard InChI is InChI=1S/C12H13BrF3NO3/c1-3-8(11(18)19-2)17-9-5-4-7(13)6-10(9)20-12(14,15)16/h4-6,8,17H,3H2,1-2H3. The third-order valence-corrected chi connectivity index (χ3v) is 2.89. The van der Waals surface area contributed by atoms with Crippen molar-refractivity contribution in [1.82, 2.24) is 0 Å². The van der Waals surface area contributed by atoms with Crippen LogP contribution in [0.3, 0.4) is 0 Å². The van der Waals surface area contributed by atoms with E-state index in [0.717, 1.165) is 0 Å². The third kappa shape index (κ3) is 4.92. The van der Waals surface area contributed by atoms with Crippen molar-refractivity contribution in [2.24, 2.45) is 0 Å². The lowest BCUT2D eigenvalue weighted by Crippen LogP contribution is -2.30. The number of carbonyl (C=O) groups is 1. The zero-order valence-electron chi connectivity index (χ0n) is 10.8. The molecule has 1 atom stereocenters. The molecule has 0 aromatic heterocycles. The number of methoxy groups -OCH3 is 1. The summed E-state index contributed by atoms with van der Waals surface area (Å²) in [6.45, 7) is 1.71. The number of hydrogen-bond acceptors (Lipinski definition) is 4. The summed E-state index contributed by atoms with van der Waals surface area (Å²) in [6, 6.07) is 3.34. The van der Waals surface area contributed by atoms with Gasteiger partial charge in [0.1, 0.15) is 6.04 Å². The van der Waals surface area contributed by atoms with E-state index in [1.807, 2.05) is 0 Å². The smallest absolute Gasteiger partial charge is 0.467 e. The Bertz CT molecular complexity index is 480. The zero-order valence-corrected chi connectivity index (χ0v) is 12.3. The van der Waals surface area contributed by atoms with Crippen LogP contribution in [0.2, 0.25) is 0 Å². The highest BCUT2D eigenvalue weighted by atomic mass is 79.9. The molecule has 1 aromatic rings. The second-order valence-electron chi connectivity index (χ2n) is 3.82. The lowest BCUT2D eigenvalue weighted by atomic mass is 10.2. The van der Waals surface area contributed by atoms with Gasteiger partial charge >= 0.3 is 12.3 Å². The fraction of sp³-hybridized carbons (Fsp3) is 0.417. The van der Waals surface area contributed by atoms with Gasteiger partial charge in [-0.2, -0.15) is 0 Å². The van der Waals surface area contributed by atoms with Crippen LogP contribution < -0.4 is 10.1 Å². The van der Waals surface area contributed by atoms with E-state index in [1.54, 1.807) is 6.92 Å². The van der Waals surface area contributed by atoms with Crippen LogP contribution in [0.4, 0.5) is 18.9 Å². The largest absolute Gasteiger partial charge is 0.573 e. The fourth-order valence-electron chi connectivity index (χ4n) is 1.48. The summed E-state index contributed by atoms with van der Waals surface area (Å²) < 4.78 is 45.9. The predicted octanol–water partition coefficient (Wildman–Crippen LogP) is 3.71. The Balaban J connectivity index is 3.01. The molecule has 4 nitrogen and oxygen atoms in total. The van der Waals surface area contributed by atoms with Gasteiger partial charge in [0.25, 0.3) is 0 Å². The van der Waals surface area contributed by atoms with Gasteiger partial charge in [0.15, 0.2) is 5.75 Å². The maximum Gasteiger partial charge on any atom is 0.573 e. The van der Waals surface area contributed by atoms with Crippen LogP contribution in [-0.4, -0.2) is 25.5 Å². The highest BCUT2D eigenvalue weighted by molar-refractivity contribution is 9.10. The van der Waals surface area contributed by atoms with Crippen LogP contribution in [0.1, 0.15) is 13.3 Å². The van der Waals surface area contributed by atoms with Gasteiger partial charge < -0.3 is 14.8 Å². The van der Waals surface area contributed by atoms with Gasteiger partial charge in [-0.15, -0.1) is 13.2 Å². The quantitative estimate of drug-likeness (QED) is 0.818. The van der Waals surface area contributed by atoms with Crippen LogP contribution in [0.25, 0.3) is 0 Å². The van der Waals surface area contributed by atoms with Crippen LogP contribution in [0.5, 0.6) is 5.75 Å². The van der Waals surface area contributed by atoms with Crippen molar-refractivity contribution in [2.45, 2.75) is 25.7 Å². The fourth-order valence-corrected chi connectivity index (χ4v) is 1.82. The molecule has 0 aliphatic rings. The molecule has 0 fully saturated rings. The zero-order chi connectivity index (χ0) is 15.3. The molecule has 0 aliphatic heterocycles. The van der Waals surface area contributed by atoms with Gasteiger partial charge in [-0.3, -0.25) is 0 Å². The lowest BCUT2D eigenvalue weighted by Gasteiger charge is -2.19. The van der Waals surface area contributed by atoms with Crippen LogP contribution in [0, 0.1) is 0 Å². The first-order valence-corrected chi connectivity index (χ1v) is 6.45. The van der Waals surface area contributed by atoms with Crippen LogP contribution in [-0.2, 0) is 9.53 Å². The van der Waals surface area contributed by atoms with Crippen molar-refractivity contribution in [1.29, 1.82) is 0 Å². The maximum atomic E-state index is 12.3. The van der Waals surface area contributed by atoms with Crippen molar-refractivity contribution in [3.05, 3.63) is 22.7 Å². The predicted molar refractivity (Wildman–Crippen MR) is 70.5 cm³/mol. The number of nitrogens with one attached hydrogen (secondary N) is 1. The monoisotopic (exact) mass is 355 g/mol. The van der Waals surface area contributed by atoms with Gasteiger partial charge in [-0.1, -0.05) is 22.9 Å². The average molecular weight is 356 g/mol. The number of benzene rings is 1. The van der Waals surface area contributed by atoms with Gasteiger partial charge in [-0.05, 0) is 24.6 Å². The Morgan fingerprint density at radius 2 is 2.10 bits per heavy atom. The molecule has 1 unspecified atom stereocenters. The molecule has 1 N–H and O–H groups in total. The third-order valence-electron chi connectivity index (χ3n) is 2.39. The average Bonchev–Trinajstić information content (AvgIpc) is 2.35. The Kier molecular flexibility index (Phi) is 5.67. The molecule has 0 bridgehead atoms. The molecule has 0 radical (unpaired) electrons. The lowest BCUT2D eigenvalue weighted by molar-refractivity contribution is -0.274. The van der Waals surface area contributed by atoms with E-state index in [-0.39, 0.29) is 5.69 Å². The van der Waals surface area contributed by atoms with Gasteiger partial charge in [-0.25, -0.2) is 4.79 Å². The molecule has 0 amide bonds. The van der Waals surface area contributed by atoms with Crippen molar-refractivity contribution in [3.8, 4) is 5.75 Å². The maximum absolute atomic E-state index is 12.3. The highest BCUT2D eigenvalue weighted by Gasteiger charge is 2.32. The Labute approximate surface area is 122 Å². The van der Waals surface area contributed by atoms with Crippen molar-refractivity contribution in [2.75, 3.05) is 12.4 Å². The first kappa shape index (κ1) is 16.6. The minimum absolute atomic E-state index is 0.0581. The Morgan fingerprint density at radius 1 is 1.45 bits per heavy atom. The second-order valence-corrected chi connectivity index (χ2v) is 4.73. The van der Waals surface area contributed by atoms with Crippen molar-refractivity contribution < 1.29 is 27.4 Å². The molecule has 0 saturated carbocycles. The van der Waals surface area contributed by atoms with Crippen molar-refractivity contribution >= 4 is 27.6 Å². The number of carbonyl (C=O) groups excluding carboxylic acids is 1. The van der Waals surface area contributed by atoms with E-state index in [9.17, 15) is 18.0 Å². The molecule has 0 heterocycles. The molecular weight excluding hydrogens is 343 g/mol. The number of alkyl halides is 3. The molecule has 1 rings (SSSR count). The summed E-state index contributed by atoms with van der Waals surface area (Å²) in [4.78, 5) is 11.5. The number of esters is 1. The molecule has 0 aliphatic carbocycles. The first-order valence-electron chi connectivity index (χ1n) is 5.66. The van der Waals surface area contributed by atoms with Gasteiger partial charge in [0.2, 0.25) is 0 Å². The minimum atomic E-state index is -4.82. The summed E-state index contributed by atoms with van der Waals surface area (Å²) in [5.41, 5.74) is 0.0581. The summed E-state index contributed by atoms with van der Waals surface area (Å²) in [6.07, 6.45) is -4.46. The van der Waals surface area contributed by atoms with Gasteiger partial charge in [0, 0.05) is 4.47 Å². The second kappa shape index (κ2) is 6.83. The summed E-state index contributed by atoms with van der Waals surface area (Å²) in [5, 5.41) is 2.68. The SMILES string of the molecule is CCC(Nc1ccc(Br)cc1OC(F)(F)F)C(=O)OC. The topological polar surface area (TPSA) is 47.6 Å². The molecular formula is C12H13BrF3NO3. The number of hydrogen-bond donors (Lipinski definition) is 1. The molecule has 0 spiro atoms. The normalized spacial score (nSPS) is 12.7. The Hall–Kier alpha value is -1.44. The van der Waals surface area contributed by atoms with E-state index < -0.39 is 24.1 Å². The van der Waals surface area contributed by atoms with E-state index in [2.05, 4.69) is 30.7 Å². The number of anilines is 1. The van der Waals surface area contributed by atoms with E-state index in [1.165, 1.54) is 25.3 Å². The summed E-state index contributed by atoms with van der Waals surface area (Å²) in [7, 11) is 1.21. The van der Waals surface area contributed by atoms with Crippen LogP contribution >= 0.6 is 15.9 Å². The summed E-state index contributed by atoms with van der Waals surface area (Å²) >= 11 is 3.06. The van der Waals surface area contributed by atoms with E-state index >= 15 is 0 Å². The molecule has 8 heteroatoms. The molecule has 112 valence electrons. The van der Waals surface area contributed by atoms with Crippen LogP contribution in [0.15, 0.2) is 22.7 Å².